The van der Waals surface area contributed by atoms with Crippen LogP contribution in [0.15, 0.2) is 12.1 Å². The molecular formula is C32H51NO. The van der Waals surface area contributed by atoms with Gasteiger partial charge in [-0.1, -0.05) is 59.9 Å². The second-order valence-electron chi connectivity index (χ2n) is 13.8. The Morgan fingerprint density at radius 1 is 0.971 bits per heavy atom. The monoisotopic (exact) mass is 465 g/mol. The minimum Gasteiger partial charge on any atom is -0.478 e. The van der Waals surface area contributed by atoms with Crippen LogP contribution in [-0.4, -0.2) is 11.6 Å². The van der Waals surface area contributed by atoms with Crippen molar-refractivity contribution in [1.29, 1.82) is 0 Å². The van der Waals surface area contributed by atoms with Gasteiger partial charge in [-0.2, -0.15) is 0 Å². The van der Waals surface area contributed by atoms with Crippen LogP contribution in [0, 0.1) is 52.3 Å². The van der Waals surface area contributed by atoms with Gasteiger partial charge in [0.15, 0.2) is 0 Å². The first kappa shape index (κ1) is 24.6. The Labute approximate surface area is 210 Å². The van der Waals surface area contributed by atoms with Crippen molar-refractivity contribution in [1.82, 2.24) is 4.98 Å². The largest absolute Gasteiger partial charge is 0.478 e. The molecule has 2 heteroatoms. The lowest BCUT2D eigenvalue weighted by Gasteiger charge is -2.60. The van der Waals surface area contributed by atoms with Gasteiger partial charge < -0.3 is 4.74 Å². The van der Waals surface area contributed by atoms with Crippen LogP contribution in [0.3, 0.4) is 0 Å². The first-order valence-corrected chi connectivity index (χ1v) is 14.9. The molecule has 1 heterocycles. The lowest BCUT2D eigenvalue weighted by Crippen LogP contribution is -2.54. The van der Waals surface area contributed by atoms with E-state index in [0.717, 1.165) is 47.3 Å². The molecule has 8 atom stereocenters. The molecule has 4 aliphatic carbocycles. The van der Waals surface area contributed by atoms with Gasteiger partial charge in [0.25, 0.3) is 0 Å². The number of hydrogen-bond donors (Lipinski definition) is 0. The molecule has 3 fully saturated rings. The topological polar surface area (TPSA) is 22.1 Å². The van der Waals surface area contributed by atoms with Gasteiger partial charge >= 0.3 is 0 Å². The average Bonchev–Trinajstić information content (AvgIpc) is 3.15. The number of ether oxygens (including phenoxy) is 1. The molecule has 190 valence electrons. The summed E-state index contributed by atoms with van der Waals surface area (Å²) in [6, 6.07) is 4.46. The first-order chi connectivity index (χ1) is 16.3. The van der Waals surface area contributed by atoms with Gasteiger partial charge in [-0.3, -0.25) is 0 Å². The molecule has 0 radical (unpaired) electrons. The van der Waals surface area contributed by atoms with E-state index in [9.17, 15) is 0 Å². The molecule has 5 rings (SSSR count). The van der Waals surface area contributed by atoms with Crippen molar-refractivity contribution in [3.8, 4) is 5.88 Å². The summed E-state index contributed by atoms with van der Waals surface area (Å²) in [7, 11) is 0. The molecule has 0 N–H and O–H groups in total. The minimum absolute atomic E-state index is 0.465. The highest BCUT2D eigenvalue weighted by Crippen LogP contribution is 2.68. The normalized spacial score (nSPS) is 39.7. The van der Waals surface area contributed by atoms with Crippen LogP contribution in [0.25, 0.3) is 0 Å². The van der Waals surface area contributed by atoms with E-state index in [1.165, 1.54) is 81.9 Å². The summed E-state index contributed by atoms with van der Waals surface area (Å²) < 4.78 is 5.73. The zero-order chi connectivity index (χ0) is 24.1. The van der Waals surface area contributed by atoms with Crippen LogP contribution in [0.5, 0.6) is 5.88 Å². The number of fused-ring (bicyclic) bond motifs is 6. The lowest BCUT2D eigenvalue weighted by molar-refractivity contribution is -0.103. The molecule has 0 spiro atoms. The van der Waals surface area contributed by atoms with Crippen LogP contribution in [0.1, 0.15) is 111 Å². The third-order valence-electron chi connectivity index (χ3n) is 11.6. The van der Waals surface area contributed by atoms with Gasteiger partial charge in [0.05, 0.1) is 6.61 Å². The molecule has 34 heavy (non-hydrogen) atoms. The highest BCUT2D eigenvalue weighted by Gasteiger charge is 2.60. The zero-order valence-electron chi connectivity index (χ0n) is 23.0. The van der Waals surface area contributed by atoms with Gasteiger partial charge in [0.1, 0.15) is 0 Å². The Bertz CT molecular complexity index is 863. The van der Waals surface area contributed by atoms with Gasteiger partial charge in [-0.15, -0.1) is 0 Å². The summed E-state index contributed by atoms with van der Waals surface area (Å²) in [6.45, 7) is 15.5. The third-order valence-corrected chi connectivity index (χ3v) is 11.6. The smallest absolute Gasteiger partial charge is 0.213 e. The summed E-state index contributed by atoms with van der Waals surface area (Å²) in [6.07, 6.45) is 15.6. The Balaban J connectivity index is 1.32. The predicted molar refractivity (Wildman–Crippen MR) is 142 cm³/mol. The summed E-state index contributed by atoms with van der Waals surface area (Å²) in [4.78, 5) is 4.94. The molecule has 1 aromatic heterocycles. The van der Waals surface area contributed by atoms with Crippen molar-refractivity contribution in [3.63, 3.8) is 0 Å². The second-order valence-corrected chi connectivity index (χ2v) is 13.8. The molecule has 2 nitrogen and oxygen atoms in total. The van der Waals surface area contributed by atoms with Crippen molar-refractivity contribution < 1.29 is 4.74 Å². The molecule has 0 saturated heterocycles. The van der Waals surface area contributed by atoms with E-state index < -0.39 is 0 Å². The van der Waals surface area contributed by atoms with E-state index in [1.54, 1.807) is 0 Å². The van der Waals surface area contributed by atoms with E-state index >= 15 is 0 Å². The van der Waals surface area contributed by atoms with E-state index in [-0.39, 0.29) is 0 Å². The number of pyridine rings is 1. The van der Waals surface area contributed by atoms with Crippen LogP contribution in [0.2, 0.25) is 0 Å². The molecule has 8 unspecified atom stereocenters. The van der Waals surface area contributed by atoms with Gasteiger partial charge in [-0.25, -0.2) is 4.98 Å². The highest BCUT2D eigenvalue weighted by atomic mass is 16.5. The van der Waals surface area contributed by atoms with Gasteiger partial charge in [0, 0.05) is 11.8 Å². The lowest BCUT2D eigenvalue weighted by atomic mass is 9.44. The van der Waals surface area contributed by atoms with Crippen LogP contribution in [0.4, 0.5) is 0 Å². The first-order valence-electron chi connectivity index (χ1n) is 14.9. The summed E-state index contributed by atoms with van der Waals surface area (Å²) in [5.41, 5.74) is 3.91. The third kappa shape index (κ3) is 4.13. The molecule has 0 aliphatic heterocycles. The van der Waals surface area contributed by atoms with E-state index in [1.807, 2.05) is 0 Å². The molecular weight excluding hydrogens is 414 g/mol. The summed E-state index contributed by atoms with van der Waals surface area (Å²) in [5.74, 6) is 7.21. The quantitative estimate of drug-likeness (QED) is 0.402. The van der Waals surface area contributed by atoms with E-state index in [4.69, 9.17) is 9.72 Å². The molecule has 1 aromatic rings. The summed E-state index contributed by atoms with van der Waals surface area (Å²) >= 11 is 0. The Hall–Kier alpha value is -1.05. The van der Waals surface area contributed by atoms with Crippen molar-refractivity contribution in [2.45, 2.75) is 112 Å². The van der Waals surface area contributed by atoms with Gasteiger partial charge in [-0.05, 0) is 116 Å². The number of aromatic nitrogens is 1. The second kappa shape index (κ2) is 9.44. The maximum Gasteiger partial charge on any atom is 0.213 e. The molecule has 0 amide bonds. The number of nitrogens with zero attached hydrogens (tertiary/aromatic N) is 1. The van der Waals surface area contributed by atoms with E-state index in [2.05, 4.69) is 53.7 Å². The van der Waals surface area contributed by atoms with Crippen LogP contribution < -0.4 is 4.74 Å². The van der Waals surface area contributed by atoms with Crippen molar-refractivity contribution in [2.75, 3.05) is 6.61 Å². The predicted octanol–water partition coefficient (Wildman–Crippen LogP) is 8.52. The SMILES string of the molecule is CCOc1ccc2c(n1)CC1CCC3C(CCC4(C)C(C(C)CCCC(C)C)CCC34)C1(C)C2. The maximum atomic E-state index is 5.73. The number of hydrogen-bond acceptors (Lipinski definition) is 2. The van der Waals surface area contributed by atoms with Crippen molar-refractivity contribution in [3.05, 3.63) is 23.4 Å². The average molecular weight is 466 g/mol. The fourth-order valence-corrected chi connectivity index (χ4v) is 9.89. The Morgan fingerprint density at radius 3 is 2.53 bits per heavy atom. The molecule has 0 aromatic carbocycles. The summed E-state index contributed by atoms with van der Waals surface area (Å²) in [5, 5.41) is 0. The molecule has 4 aliphatic rings. The zero-order valence-corrected chi connectivity index (χ0v) is 23.0. The van der Waals surface area contributed by atoms with Crippen molar-refractivity contribution >= 4 is 0 Å². The standard InChI is InChI=1S/C32H51NO/c1-7-34-30-16-11-23-20-32(6)24(19-29(23)33-30)12-13-25-27-15-14-26(22(4)10-8-9-21(2)3)31(27,5)18-17-28(25)32/h11,16,21-22,24-28H,7-10,12-15,17-20H2,1-6H3. The van der Waals surface area contributed by atoms with Crippen LogP contribution in [-0.2, 0) is 12.8 Å². The van der Waals surface area contributed by atoms with E-state index in [0.29, 0.717) is 17.4 Å². The van der Waals surface area contributed by atoms with Crippen LogP contribution >= 0.6 is 0 Å². The molecule has 0 bridgehead atoms. The Kier molecular flexibility index (Phi) is 6.84. The van der Waals surface area contributed by atoms with Gasteiger partial charge in [0.2, 0.25) is 5.88 Å². The fraction of sp³-hybridized carbons (Fsp3) is 0.844. The van der Waals surface area contributed by atoms with Crippen molar-refractivity contribution in [2.24, 2.45) is 52.3 Å². The Morgan fingerprint density at radius 2 is 1.76 bits per heavy atom. The fourth-order valence-electron chi connectivity index (χ4n) is 9.89. The number of rotatable bonds is 7. The molecule has 3 saturated carbocycles. The minimum atomic E-state index is 0.465. The maximum absolute atomic E-state index is 5.73. The highest BCUT2D eigenvalue weighted by molar-refractivity contribution is 5.31.